The summed E-state index contributed by atoms with van der Waals surface area (Å²) in [5.74, 6) is 0.472. The minimum Gasteiger partial charge on any atom is -0.385 e. The van der Waals surface area contributed by atoms with Gasteiger partial charge in [0.2, 0.25) is 0 Å². The fraction of sp³-hybridized carbons (Fsp3) is 0.478. The third-order valence-corrected chi connectivity index (χ3v) is 6.00. The Morgan fingerprint density at radius 3 is 2.38 bits per heavy atom. The predicted molar refractivity (Wildman–Crippen MR) is 104 cm³/mol. The fourth-order valence-corrected chi connectivity index (χ4v) is 4.52. The summed E-state index contributed by atoms with van der Waals surface area (Å²) in [6.45, 7) is 6.75. The van der Waals surface area contributed by atoms with Crippen LogP contribution in [0, 0.1) is 0 Å². The Balaban J connectivity index is 1.58. The second-order valence-corrected chi connectivity index (χ2v) is 8.22. The first-order valence-corrected chi connectivity index (χ1v) is 9.75. The zero-order valence-corrected chi connectivity index (χ0v) is 15.8. The highest BCUT2D eigenvalue weighted by atomic mass is 16.5. The molecule has 0 amide bonds. The van der Waals surface area contributed by atoms with Crippen LogP contribution >= 0.6 is 0 Å². The van der Waals surface area contributed by atoms with Gasteiger partial charge >= 0.3 is 0 Å². The van der Waals surface area contributed by atoms with Gasteiger partial charge < -0.3 is 9.84 Å². The average Bonchev–Trinajstić information content (AvgIpc) is 2.64. The van der Waals surface area contributed by atoms with Crippen LogP contribution in [0.15, 0.2) is 54.6 Å². The van der Waals surface area contributed by atoms with E-state index in [0.717, 1.165) is 24.9 Å². The number of aliphatic hydroxyl groups is 1. The number of rotatable bonds is 4. The van der Waals surface area contributed by atoms with Crippen molar-refractivity contribution in [2.24, 2.45) is 0 Å². The van der Waals surface area contributed by atoms with Crippen LogP contribution in [0.2, 0.25) is 0 Å². The second-order valence-electron chi connectivity index (χ2n) is 8.22. The summed E-state index contributed by atoms with van der Waals surface area (Å²) in [4.78, 5) is 2.54. The molecule has 2 unspecified atom stereocenters. The molecule has 138 valence electrons. The molecule has 2 bridgehead atoms. The molecule has 2 fully saturated rings. The molecular weight excluding hydrogens is 322 g/mol. The number of benzene rings is 2. The van der Waals surface area contributed by atoms with Gasteiger partial charge in [0.1, 0.15) is 0 Å². The largest absolute Gasteiger partial charge is 0.385 e. The van der Waals surface area contributed by atoms with Crippen LogP contribution in [0.5, 0.6) is 0 Å². The van der Waals surface area contributed by atoms with Gasteiger partial charge in [-0.15, -0.1) is 0 Å². The second kappa shape index (κ2) is 7.15. The molecule has 1 N–H and O–H groups in total. The zero-order chi connectivity index (χ0) is 18.1. The van der Waals surface area contributed by atoms with Gasteiger partial charge in [0, 0.05) is 18.6 Å². The average molecular weight is 351 g/mol. The summed E-state index contributed by atoms with van der Waals surface area (Å²) in [5, 5.41) is 11.6. The highest BCUT2D eigenvalue weighted by Gasteiger charge is 2.46. The lowest BCUT2D eigenvalue weighted by atomic mass is 9.76. The molecule has 2 aliphatic heterocycles. The zero-order valence-electron chi connectivity index (χ0n) is 15.8. The van der Waals surface area contributed by atoms with Crippen molar-refractivity contribution in [3.63, 3.8) is 0 Å². The molecule has 0 radical (unpaired) electrons. The van der Waals surface area contributed by atoms with E-state index in [0.29, 0.717) is 19.1 Å². The van der Waals surface area contributed by atoms with E-state index in [9.17, 15) is 5.11 Å². The van der Waals surface area contributed by atoms with E-state index in [2.05, 4.69) is 73.3 Å². The Hall–Kier alpha value is -1.68. The van der Waals surface area contributed by atoms with Crippen molar-refractivity contribution in [2.75, 3.05) is 13.2 Å². The number of morpholine rings is 1. The number of piperidine rings is 1. The SMILES string of the molecule is CC(C)c1cccc(C2(O)CC3COCC(C2)N3Cc2ccccc2)c1. The summed E-state index contributed by atoms with van der Waals surface area (Å²) in [6, 6.07) is 19.7. The molecule has 2 aromatic rings. The maximum absolute atomic E-state index is 11.6. The van der Waals surface area contributed by atoms with Crippen LogP contribution in [0.25, 0.3) is 0 Å². The van der Waals surface area contributed by atoms with Gasteiger partial charge in [-0.25, -0.2) is 0 Å². The molecule has 2 atom stereocenters. The number of ether oxygens (including phenoxy) is 1. The lowest BCUT2D eigenvalue weighted by Gasteiger charge is -2.52. The molecular formula is C23H29NO2. The van der Waals surface area contributed by atoms with Gasteiger partial charge in [-0.3, -0.25) is 4.90 Å². The molecule has 0 saturated carbocycles. The molecule has 0 aromatic heterocycles. The van der Waals surface area contributed by atoms with Gasteiger partial charge in [0.25, 0.3) is 0 Å². The highest BCUT2D eigenvalue weighted by Crippen LogP contribution is 2.42. The van der Waals surface area contributed by atoms with E-state index in [1.165, 1.54) is 11.1 Å². The van der Waals surface area contributed by atoms with Gasteiger partial charge in [-0.2, -0.15) is 0 Å². The minimum atomic E-state index is -0.753. The van der Waals surface area contributed by atoms with Gasteiger partial charge in [0.05, 0.1) is 18.8 Å². The Morgan fingerprint density at radius 1 is 1.04 bits per heavy atom. The molecule has 2 saturated heterocycles. The number of hydrogen-bond acceptors (Lipinski definition) is 3. The van der Waals surface area contributed by atoms with Crippen molar-refractivity contribution in [2.45, 2.75) is 56.8 Å². The normalized spacial score (nSPS) is 29.1. The summed E-state index contributed by atoms with van der Waals surface area (Å²) in [5.41, 5.74) is 2.94. The van der Waals surface area contributed by atoms with E-state index < -0.39 is 5.60 Å². The van der Waals surface area contributed by atoms with E-state index in [4.69, 9.17) is 4.74 Å². The molecule has 2 heterocycles. The minimum absolute atomic E-state index is 0.260. The van der Waals surface area contributed by atoms with Crippen LogP contribution < -0.4 is 0 Å². The third-order valence-electron chi connectivity index (χ3n) is 6.00. The first-order valence-electron chi connectivity index (χ1n) is 9.75. The Kier molecular flexibility index (Phi) is 4.87. The quantitative estimate of drug-likeness (QED) is 0.902. The summed E-state index contributed by atoms with van der Waals surface area (Å²) < 4.78 is 5.84. The van der Waals surface area contributed by atoms with Crippen molar-refractivity contribution < 1.29 is 9.84 Å². The molecule has 2 aliphatic rings. The van der Waals surface area contributed by atoms with Crippen LogP contribution in [0.3, 0.4) is 0 Å². The van der Waals surface area contributed by atoms with E-state index in [1.807, 2.05) is 0 Å². The smallest absolute Gasteiger partial charge is 0.0928 e. The third kappa shape index (κ3) is 3.44. The van der Waals surface area contributed by atoms with Gasteiger partial charge in [0.15, 0.2) is 0 Å². The Bertz CT molecular complexity index is 729. The predicted octanol–water partition coefficient (Wildman–Crippen LogP) is 4.06. The van der Waals surface area contributed by atoms with Crippen molar-refractivity contribution in [1.82, 2.24) is 4.90 Å². The van der Waals surface area contributed by atoms with E-state index >= 15 is 0 Å². The standard InChI is InChI=1S/C23H29NO2/c1-17(2)19-9-6-10-20(11-19)23(25)12-21-15-26-16-22(13-23)24(21)14-18-7-4-3-5-8-18/h3-11,17,21-22,25H,12-16H2,1-2H3. The number of hydrogen-bond donors (Lipinski definition) is 1. The molecule has 26 heavy (non-hydrogen) atoms. The van der Waals surface area contributed by atoms with Gasteiger partial charge in [-0.1, -0.05) is 68.4 Å². The monoisotopic (exact) mass is 351 g/mol. The maximum Gasteiger partial charge on any atom is 0.0928 e. The van der Waals surface area contributed by atoms with Crippen LogP contribution in [-0.4, -0.2) is 35.3 Å². The van der Waals surface area contributed by atoms with E-state index in [1.54, 1.807) is 0 Å². The van der Waals surface area contributed by atoms with Gasteiger partial charge in [-0.05, 0) is 35.4 Å². The number of nitrogens with zero attached hydrogens (tertiary/aromatic N) is 1. The molecule has 0 spiro atoms. The summed E-state index contributed by atoms with van der Waals surface area (Å²) >= 11 is 0. The molecule has 3 nitrogen and oxygen atoms in total. The first kappa shape index (κ1) is 17.7. The van der Waals surface area contributed by atoms with Crippen LogP contribution in [0.4, 0.5) is 0 Å². The summed E-state index contributed by atoms with van der Waals surface area (Å²) in [7, 11) is 0. The molecule has 4 rings (SSSR count). The lowest BCUT2D eigenvalue weighted by Crippen LogP contribution is -2.60. The van der Waals surface area contributed by atoms with Crippen molar-refractivity contribution in [3.05, 3.63) is 71.3 Å². The lowest BCUT2D eigenvalue weighted by molar-refractivity contribution is -0.149. The first-order chi connectivity index (χ1) is 12.5. The topological polar surface area (TPSA) is 32.7 Å². The maximum atomic E-state index is 11.6. The van der Waals surface area contributed by atoms with Crippen molar-refractivity contribution in [3.8, 4) is 0 Å². The Labute approximate surface area is 156 Å². The van der Waals surface area contributed by atoms with Crippen LogP contribution in [-0.2, 0) is 16.9 Å². The Morgan fingerprint density at radius 2 is 1.73 bits per heavy atom. The summed E-state index contributed by atoms with van der Waals surface area (Å²) in [6.07, 6.45) is 1.47. The number of fused-ring (bicyclic) bond motifs is 2. The van der Waals surface area contributed by atoms with Crippen LogP contribution in [0.1, 0.15) is 49.3 Å². The fourth-order valence-electron chi connectivity index (χ4n) is 4.52. The molecule has 3 heteroatoms. The van der Waals surface area contributed by atoms with Crippen molar-refractivity contribution >= 4 is 0 Å². The van der Waals surface area contributed by atoms with E-state index in [-0.39, 0.29) is 12.1 Å². The molecule has 2 aromatic carbocycles. The highest BCUT2D eigenvalue weighted by molar-refractivity contribution is 5.31. The van der Waals surface area contributed by atoms with Crippen molar-refractivity contribution in [1.29, 1.82) is 0 Å². The molecule has 0 aliphatic carbocycles.